The lowest BCUT2D eigenvalue weighted by molar-refractivity contribution is 0.959. The van der Waals surface area contributed by atoms with Crippen LogP contribution in [-0.2, 0) is 7.05 Å². The molecule has 0 fully saturated rings. The van der Waals surface area contributed by atoms with Crippen molar-refractivity contribution in [2.24, 2.45) is 7.05 Å². The summed E-state index contributed by atoms with van der Waals surface area (Å²) in [4.78, 5) is 4.66. The first-order valence-corrected chi connectivity index (χ1v) is 7.02. The first-order valence-electron chi connectivity index (χ1n) is 6.23. The van der Waals surface area contributed by atoms with E-state index in [2.05, 4.69) is 52.1 Å². The molecule has 98 valence electrons. The van der Waals surface area contributed by atoms with Crippen molar-refractivity contribution in [3.8, 4) is 17.5 Å². The number of nitriles is 1. The molecular weight excluding hydrogens is 314 g/mol. The topological polar surface area (TPSA) is 41.6 Å². The number of rotatable bonds is 1. The maximum Gasteiger partial charge on any atom is 0.140 e. The number of aromatic nitrogens is 2. The molecule has 0 unspecified atom stereocenters. The van der Waals surface area contributed by atoms with E-state index >= 15 is 0 Å². The predicted octanol–water partition coefficient (Wildman–Crippen LogP) is 4.18. The van der Waals surface area contributed by atoms with Gasteiger partial charge in [0.1, 0.15) is 5.82 Å². The fourth-order valence-corrected chi connectivity index (χ4v) is 2.63. The zero-order valence-corrected chi connectivity index (χ0v) is 12.8. The van der Waals surface area contributed by atoms with Crippen molar-refractivity contribution in [1.29, 1.82) is 5.26 Å². The van der Waals surface area contributed by atoms with E-state index in [-0.39, 0.29) is 0 Å². The highest BCUT2D eigenvalue weighted by atomic mass is 79.9. The molecule has 3 rings (SSSR count). The molecule has 0 amide bonds. The summed E-state index contributed by atoms with van der Waals surface area (Å²) in [6.45, 7) is 2.06. The Morgan fingerprint density at radius 3 is 2.70 bits per heavy atom. The average molecular weight is 326 g/mol. The summed E-state index contributed by atoms with van der Waals surface area (Å²) in [5, 5.41) is 8.99. The molecule has 0 aliphatic carbocycles. The minimum absolute atomic E-state index is 0.650. The summed E-state index contributed by atoms with van der Waals surface area (Å²) in [5.41, 5.74) is 4.77. The van der Waals surface area contributed by atoms with Gasteiger partial charge in [0.25, 0.3) is 0 Å². The smallest absolute Gasteiger partial charge is 0.140 e. The van der Waals surface area contributed by atoms with Crippen LogP contribution in [0.5, 0.6) is 0 Å². The second-order valence-corrected chi connectivity index (χ2v) is 5.63. The molecule has 0 atom stereocenters. The number of fused-ring (bicyclic) bond motifs is 1. The van der Waals surface area contributed by atoms with Crippen LogP contribution >= 0.6 is 15.9 Å². The van der Waals surface area contributed by atoms with E-state index in [4.69, 9.17) is 5.26 Å². The SMILES string of the molecule is Cc1ccc(-c2nc3ccc(C#N)cc3n2C)cc1Br. The Morgan fingerprint density at radius 1 is 1.20 bits per heavy atom. The first kappa shape index (κ1) is 12.9. The summed E-state index contributed by atoms with van der Waals surface area (Å²) in [6.07, 6.45) is 0. The van der Waals surface area contributed by atoms with Crippen LogP contribution in [0.1, 0.15) is 11.1 Å². The van der Waals surface area contributed by atoms with Crippen molar-refractivity contribution >= 4 is 27.0 Å². The van der Waals surface area contributed by atoms with Gasteiger partial charge in [0, 0.05) is 17.1 Å². The predicted molar refractivity (Wildman–Crippen MR) is 83.3 cm³/mol. The second kappa shape index (κ2) is 4.77. The van der Waals surface area contributed by atoms with E-state index in [1.54, 1.807) is 6.07 Å². The molecule has 0 radical (unpaired) electrons. The van der Waals surface area contributed by atoms with Crippen LogP contribution in [0.2, 0.25) is 0 Å². The number of halogens is 1. The summed E-state index contributed by atoms with van der Waals surface area (Å²) in [7, 11) is 1.97. The average Bonchev–Trinajstić information content (AvgIpc) is 2.79. The van der Waals surface area contributed by atoms with Gasteiger partial charge in [-0.1, -0.05) is 28.1 Å². The third-order valence-electron chi connectivity index (χ3n) is 3.44. The van der Waals surface area contributed by atoms with Gasteiger partial charge in [-0.2, -0.15) is 5.26 Å². The minimum atomic E-state index is 0.650. The van der Waals surface area contributed by atoms with Gasteiger partial charge >= 0.3 is 0 Å². The number of hydrogen-bond acceptors (Lipinski definition) is 2. The maximum absolute atomic E-state index is 8.99. The number of imidazole rings is 1. The first-order chi connectivity index (χ1) is 9.60. The highest BCUT2D eigenvalue weighted by Gasteiger charge is 2.11. The van der Waals surface area contributed by atoms with Crippen molar-refractivity contribution in [3.05, 3.63) is 52.0 Å². The van der Waals surface area contributed by atoms with Crippen LogP contribution in [0.25, 0.3) is 22.4 Å². The molecule has 0 bridgehead atoms. The molecule has 0 aliphatic rings. The van der Waals surface area contributed by atoms with Gasteiger partial charge in [-0.05, 0) is 36.8 Å². The van der Waals surface area contributed by atoms with E-state index in [1.807, 2.05) is 23.7 Å². The van der Waals surface area contributed by atoms with Gasteiger partial charge in [0.05, 0.1) is 22.7 Å². The van der Waals surface area contributed by atoms with E-state index in [9.17, 15) is 0 Å². The Balaban J connectivity index is 2.24. The molecule has 0 spiro atoms. The fraction of sp³-hybridized carbons (Fsp3) is 0.125. The lowest BCUT2D eigenvalue weighted by Crippen LogP contribution is -1.93. The van der Waals surface area contributed by atoms with Crippen molar-refractivity contribution < 1.29 is 0 Å². The van der Waals surface area contributed by atoms with Crippen LogP contribution in [0.15, 0.2) is 40.9 Å². The van der Waals surface area contributed by atoms with Crippen molar-refractivity contribution in [2.75, 3.05) is 0 Å². The molecule has 20 heavy (non-hydrogen) atoms. The molecule has 4 heteroatoms. The zero-order chi connectivity index (χ0) is 14.3. The monoisotopic (exact) mass is 325 g/mol. The van der Waals surface area contributed by atoms with E-state index in [0.29, 0.717) is 5.56 Å². The van der Waals surface area contributed by atoms with E-state index in [1.165, 1.54) is 5.56 Å². The van der Waals surface area contributed by atoms with E-state index < -0.39 is 0 Å². The number of benzene rings is 2. The van der Waals surface area contributed by atoms with Gasteiger partial charge in [0.15, 0.2) is 0 Å². The molecule has 0 saturated heterocycles. The van der Waals surface area contributed by atoms with Crippen molar-refractivity contribution in [2.45, 2.75) is 6.92 Å². The van der Waals surface area contributed by atoms with E-state index in [0.717, 1.165) is 26.9 Å². The summed E-state index contributed by atoms with van der Waals surface area (Å²) in [6, 6.07) is 13.9. The summed E-state index contributed by atoms with van der Waals surface area (Å²) < 4.78 is 3.09. The molecule has 3 nitrogen and oxygen atoms in total. The molecule has 2 aromatic carbocycles. The molecule has 0 aliphatic heterocycles. The standard InChI is InChI=1S/C16H12BrN3/c1-10-3-5-12(8-13(10)17)16-19-14-6-4-11(9-18)7-15(14)20(16)2/h3-8H,1-2H3. The van der Waals surface area contributed by atoms with Crippen LogP contribution in [0.3, 0.4) is 0 Å². The van der Waals surface area contributed by atoms with Gasteiger partial charge in [-0.25, -0.2) is 4.98 Å². The van der Waals surface area contributed by atoms with Crippen LogP contribution in [0, 0.1) is 18.3 Å². The number of hydrogen-bond donors (Lipinski definition) is 0. The minimum Gasteiger partial charge on any atom is -0.327 e. The van der Waals surface area contributed by atoms with Gasteiger partial charge in [0.2, 0.25) is 0 Å². The number of aryl methyl sites for hydroxylation is 2. The van der Waals surface area contributed by atoms with Gasteiger partial charge in [-0.3, -0.25) is 0 Å². The summed E-state index contributed by atoms with van der Waals surface area (Å²) in [5.74, 6) is 0.899. The van der Waals surface area contributed by atoms with Crippen molar-refractivity contribution in [1.82, 2.24) is 9.55 Å². The number of nitrogens with zero attached hydrogens (tertiary/aromatic N) is 3. The molecule has 0 saturated carbocycles. The highest BCUT2D eigenvalue weighted by molar-refractivity contribution is 9.10. The Kier molecular flexibility index (Phi) is 3.07. The second-order valence-electron chi connectivity index (χ2n) is 4.77. The van der Waals surface area contributed by atoms with Gasteiger partial charge in [-0.15, -0.1) is 0 Å². The van der Waals surface area contributed by atoms with Crippen LogP contribution in [0.4, 0.5) is 0 Å². The fourth-order valence-electron chi connectivity index (χ4n) is 2.25. The molecule has 0 N–H and O–H groups in total. The summed E-state index contributed by atoms with van der Waals surface area (Å²) >= 11 is 3.55. The maximum atomic E-state index is 8.99. The lowest BCUT2D eigenvalue weighted by atomic mass is 10.1. The Bertz CT molecular complexity index is 856. The van der Waals surface area contributed by atoms with Gasteiger partial charge < -0.3 is 4.57 Å². The quantitative estimate of drug-likeness (QED) is 0.673. The third kappa shape index (κ3) is 2.00. The van der Waals surface area contributed by atoms with Crippen LogP contribution in [-0.4, -0.2) is 9.55 Å². The lowest BCUT2D eigenvalue weighted by Gasteiger charge is -2.05. The van der Waals surface area contributed by atoms with Crippen molar-refractivity contribution in [3.63, 3.8) is 0 Å². The third-order valence-corrected chi connectivity index (χ3v) is 4.29. The Hall–Kier alpha value is -2.12. The highest BCUT2D eigenvalue weighted by Crippen LogP contribution is 2.27. The zero-order valence-electron chi connectivity index (χ0n) is 11.2. The normalized spacial score (nSPS) is 10.7. The molecule has 1 aromatic heterocycles. The molecular formula is C16H12BrN3. The molecule has 3 aromatic rings. The Labute approximate surface area is 125 Å². The largest absolute Gasteiger partial charge is 0.327 e. The van der Waals surface area contributed by atoms with Crippen LogP contribution < -0.4 is 0 Å². The Morgan fingerprint density at radius 2 is 2.00 bits per heavy atom. The molecule has 1 heterocycles.